The first-order chi connectivity index (χ1) is 37.4. The number of benzene rings is 1. The molecule has 1 aromatic carbocycles. The summed E-state index contributed by atoms with van der Waals surface area (Å²) in [6, 6.07) is 9.02. The molecule has 1 rings (SSSR count). The van der Waals surface area contributed by atoms with E-state index in [0.717, 1.165) is 6.42 Å². The van der Waals surface area contributed by atoms with E-state index in [1.165, 1.54) is 62.5 Å². The lowest BCUT2D eigenvalue weighted by molar-refractivity contribution is -0.0313. The van der Waals surface area contributed by atoms with Crippen molar-refractivity contribution in [3.05, 3.63) is 35.4 Å². The molecule has 0 aliphatic rings. The molecule has 0 saturated carbocycles. The van der Waals surface area contributed by atoms with Gasteiger partial charge in [-0.3, -0.25) is 0 Å². The number of aliphatic hydroxyl groups excluding tert-OH is 1. The third-order valence-electron chi connectivity index (χ3n) is 10.6. The van der Waals surface area contributed by atoms with E-state index in [-0.39, 0.29) is 6.61 Å². The summed E-state index contributed by atoms with van der Waals surface area (Å²) in [6.07, 6.45) is 11.6. The lowest BCUT2D eigenvalue weighted by Crippen LogP contribution is -2.16. The molecule has 75 heavy (non-hydrogen) atoms. The van der Waals surface area contributed by atoms with E-state index in [1.54, 1.807) is 0 Å². The fraction of sp³-hybridized carbons (Fsp3) is 0.891. The van der Waals surface area contributed by atoms with Crippen LogP contribution < -0.4 is 0 Å². The van der Waals surface area contributed by atoms with Gasteiger partial charge in [-0.15, -0.1) is 0 Å². The molecule has 0 fully saturated rings. The molecule has 0 bridgehead atoms. The van der Waals surface area contributed by atoms with E-state index in [0.29, 0.717) is 251 Å². The van der Waals surface area contributed by atoms with Crippen molar-refractivity contribution in [2.45, 2.75) is 64.7 Å². The van der Waals surface area contributed by atoms with Crippen LogP contribution in [0.2, 0.25) is 0 Å². The summed E-state index contributed by atoms with van der Waals surface area (Å²) in [5.41, 5.74) is 2.76. The first-order valence-electron chi connectivity index (χ1n) is 28.0. The largest absolute Gasteiger partial charge is 0.394 e. The van der Waals surface area contributed by atoms with Crippen LogP contribution in [-0.2, 0) is 103 Å². The Morgan fingerprint density at radius 1 is 0.213 bits per heavy atom. The molecular weight excluding hydrogens is 981 g/mol. The number of aryl methyl sites for hydroxylation is 1. The standard InChI is InChI=1S/C55H104O20/c1-2-3-4-5-6-7-8-9-54-10-12-55(13-11-54)14-16-57-18-20-59-22-24-61-26-28-63-30-32-65-34-36-67-38-40-69-42-44-71-46-48-73-50-52-75-53-51-74-49-47-72-45-43-70-41-39-68-37-35-66-33-31-64-29-27-62-25-23-60-21-19-58-17-15-56/h10-13,56H,2-9,14-53H2,1H3. The molecule has 1 aromatic rings. The average molecular weight is 1090 g/mol. The molecule has 0 amide bonds. The topological polar surface area (TPSA) is 196 Å². The smallest absolute Gasteiger partial charge is 0.0701 e. The molecule has 0 unspecified atom stereocenters. The molecule has 0 aromatic heterocycles. The van der Waals surface area contributed by atoms with Crippen LogP contribution in [0.15, 0.2) is 24.3 Å². The minimum Gasteiger partial charge on any atom is -0.394 e. The monoisotopic (exact) mass is 1080 g/mol. The highest BCUT2D eigenvalue weighted by Gasteiger charge is 2.01. The zero-order valence-corrected chi connectivity index (χ0v) is 46.5. The normalized spacial score (nSPS) is 11.7. The summed E-state index contributed by atoms with van der Waals surface area (Å²) in [6.45, 7) is 21.4. The molecule has 444 valence electrons. The van der Waals surface area contributed by atoms with E-state index in [2.05, 4.69) is 31.2 Å². The van der Waals surface area contributed by atoms with E-state index in [1.807, 2.05) is 0 Å². The van der Waals surface area contributed by atoms with Gasteiger partial charge < -0.3 is 95.1 Å². The minimum absolute atomic E-state index is 0.0201. The molecule has 0 atom stereocenters. The van der Waals surface area contributed by atoms with Crippen LogP contribution in [0.25, 0.3) is 0 Å². The van der Waals surface area contributed by atoms with Gasteiger partial charge in [0.05, 0.1) is 258 Å². The van der Waals surface area contributed by atoms with Crippen molar-refractivity contribution in [2.75, 3.05) is 258 Å². The number of aliphatic hydroxyl groups is 1. The molecule has 0 aliphatic carbocycles. The highest BCUT2D eigenvalue weighted by atomic mass is 16.6. The summed E-state index contributed by atoms with van der Waals surface area (Å²) in [7, 11) is 0. The van der Waals surface area contributed by atoms with Crippen LogP contribution in [-0.4, -0.2) is 263 Å². The molecule has 20 nitrogen and oxygen atoms in total. The third kappa shape index (κ3) is 59.9. The van der Waals surface area contributed by atoms with Crippen molar-refractivity contribution >= 4 is 0 Å². The van der Waals surface area contributed by atoms with Crippen molar-refractivity contribution in [3.8, 4) is 0 Å². The first-order valence-corrected chi connectivity index (χ1v) is 28.0. The fourth-order valence-corrected chi connectivity index (χ4v) is 6.47. The Morgan fingerprint density at radius 3 is 0.600 bits per heavy atom. The van der Waals surface area contributed by atoms with Crippen LogP contribution in [0.1, 0.15) is 63.0 Å². The number of rotatable bonds is 67. The zero-order chi connectivity index (χ0) is 53.4. The number of ether oxygens (including phenoxy) is 19. The Bertz CT molecular complexity index is 1180. The van der Waals surface area contributed by atoms with E-state index >= 15 is 0 Å². The number of unbranched alkanes of at least 4 members (excludes halogenated alkanes) is 6. The van der Waals surface area contributed by atoms with Crippen molar-refractivity contribution in [2.24, 2.45) is 0 Å². The van der Waals surface area contributed by atoms with Gasteiger partial charge in [0, 0.05) is 0 Å². The predicted octanol–water partition coefficient (Wildman–Crippen LogP) is 4.83. The first kappa shape index (κ1) is 71.4. The lowest BCUT2D eigenvalue weighted by Gasteiger charge is -2.09. The van der Waals surface area contributed by atoms with E-state index in [4.69, 9.17) is 95.1 Å². The van der Waals surface area contributed by atoms with Crippen molar-refractivity contribution in [3.63, 3.8) is 0 Å². The van der Waals surface area contributed by atoms with Crippen LogP contribution in [0.5, 0.6) is 0 Å². The van der Waals surface area contributed by atoms with Crippen LogP contribution in [0.3, 0.4) is 0 Å². The lowest BCUT2D eigenvalue weighted by atomic mass is 10.0. The summed E-state index contributed by atoms with van der Waals surface area (Å²) in [5, 5.41) is 8.61. The highest BCUT2D eigenvalue weighted by molar-refractivity contribution is 5.22. The minimum atomic E-state index is 0.0201. The van der Waals surface area contributed by atoms with Gasteiger partial charge in [-0.05, 0) is 30.4 Å². The Labute approximate surface area is 451 Å². The van der Waals surface area contributed by atoms with Crippen molar-refractivity contribution in [1.82, 2.24) is 0 Å². The highest BCUT2D eigenvalue weighted by Crippen LogP contribution is 2.12. The molecule has 0 spiro atoms. The Kier molecular flexibility index (Phi) is 61.9. The third-order valence-corrected chi connectivity index (χ3v) is 10.6. The van der Waals surface area contributed by atoms with Crippen LogP contribution >= 0.6 is 0 Å². The summed E-state index contributed by atoms with van der Waals surface area (Å²) >= 11 is 0. The molecule has 0 heterocycles. The summed E-state index contributed by atoms with van der Waals surface area (Å²) in [4.78, 5) is 0. The number of hydrogen-bond acceptors (Lipinski definition) is 20. The van der Waals surface area contributed by atoms with Gasteiger partial charge in [0.2, 0.25) is 0 Å². The van der Waals surface area contributed by atoms with Crippen molar-refractivity contribution < 1.29 is 95.1 Å². The molecule has 0 radical (unpaired) electrons. The Balaban J connectivity index is 1.62. The maximum atomic E-state index is 8.61. The Hall–Kier alpha value is -1.58. The van der Waals surface area contributed by atoms with Gasteiger partial charge in [0.1, 0.15) is 0 Å². The van der Waals surface area contributed by atoms with Gasteiger partial charge in [0.25, 0.3) is 0 Å². The molecule has 1 N–H and O–H groups in total. The SMILES string of the molecule is CCCCCCCCCc1ccc(CCOCCOCCOCCOCCOCCOCCOCCOCCOCCOCCOCCOCCOCCOCCOCCOCCOCCOCCOCCO)cc1. The second kappa shape index (κ2) is 64.9. The average Bonchev–Trinajstić information content (AvgIpc) is 3.42. The van der Waals surface area contributed by atoms with E-state index < -0.39 is 0 Å². The Morgan fingerprint density at radius 2 is 0.387 bits per heavy atom. The van der Waals surface area contributed by atoms with Gasteiger partial charge in [-0.2, -0.15) is 0 Å². The maximum Gasteiger partial charge on any atom is 0.0701 e. The van der Waals surface area contributed by atoms with Crippen LogP contribution in [0, 0.1) is 0 Å². The predicted molar refractivity (Wildman–Crippen MR) is 284 cm³/mol. The number of hydrogen-bond donors (Lipinski definition) is 1. The van der Waals surface area contributed by atoms with Crippen molar-refractivity contribution in [1.29, 1.82) is 0 Å². The quantitative estimate of drug-likeness (QED) is 0.0871. The molecule has 0 saturated heterocycles. The van der Waals surface area contributed by atoms with E-state index in [9.17, 15) is 0 Å². The second-order valence-corrected chi connectivity index (χ2v) is 16.8. The van der Waals surface area contributed by atoms with Gasteiger partial charge >= 0.3 is 0 Å². The summed E-state index contributed by atoms with van der Waals surface area (Å²) < 4.78 is 104. The molecular formula is C55H104O20. The zero-order valence-electron chi connectivity index (χ0n) is 46.5. The molecule has 0 aliphatic heterocycles. The maximum absolute atomic E-state index is 8.61. The molecule has 20 heteroatoms. The van der Waals surface area contributed by atoms with Crippen LogP contribution in [0.4, 0.5) is 0 Å². The second-order valence-electron chi connectivity index (χ2n) is 16.8. The summed E-state index contributed by atoms with van der Waals surface area (Å²) in [5.74, 6) is 0. The van der Waals surface area contributed by atoms with Gasteiger partial charge in [0.15, 0.2) is 0 Å². The fourth-order valence-electron chi connectivity index (χ4n) is 6.47. The van der Waals surface area contributed by atoms with Gasteiger partial charge in [-0.25, -0.2) is 0 Å². The van der Waals surface area contributed by atoms with Gasteiger partial charge in [-0.1, -0.05) is 69.7 Å².